The van der Waals surface area contributed by atoms with E-state index in [0.717, 1.165) is 27.6 Å². The zero-order valence-corrected chi connectivity index (χ0v) is 28.3. The molecule has 4 heteroatoms. The molecule has 0 atom stereocenters. The van der Waals surface area contributed by atoms with Gasteiger partial charge in [0.25, 0.3) is 0 Å². The van der Waals surface area contributed by atoms with E-state index in [1.165, 1.54) is 53.0 Å². The summed E-state index contributed by atoms with van der Waals surface area (Å²) in [6.07, 6.45) is 0. The van der Waals surface area contributed by atoms with Gasteiger partial charge in [-0.25, -0.2) is 15.0 Å². The van der Waals surface area contributed by atoms with Crippen LogP contribution in [0, 0.1) is 0 Å². The molecule has 0 aliphatic carbocycles. The second-order valence-electron chi connectivity index (χ2n) is 12.9. The van der Waals surface area contributed by atoms with E-state index in [2.05, 4.69) is 176 Å². The lowest BCUT2D eigenvalue weighted by molar-refractivity contribution is 1.08. The summed E-state index contributed by atoms with van der Waals surface area (Å²) in [6, 6.07) is 62.3. The minimum Gasteiger partial charge on any atom is -0.208 e. The molecule has 0 amide bonds. The van der Waals surface area contributed by atoms with Crippen LogP contribution in [-0.2, 0) is 0 Å². The Labute approximate surface area is 299 Å². The molecule has 2 heterocycles. The molecule has 10 rings (SSSR count). The van der Waals surface area contributed by atoms with Gasteiger partial charge in [-0.05, 0) is 74.1 Å². The van der Waals surface area contributed by atoms with E-state index in [9.17, 15) is 0 Å². The van der Waals surface area contributed by atoms with E-state index in [-0.39, 0.29) is 0 Å². The molecule has 2 aromatic heterocycles. The Morgan fingerprint density at radius 1 is 0.314 bits per heavy atom. The Morgan fingerprint density at radius 2 is 0.843 bits per heavy atom. The summed E-state index contributed by atoms with van der Waals surface area (Å²) in [7, 11) is 0. The molecule has 0 saturated heterocycles. The molecule has 0 bridgehead atoms. The van der Waals surface area contributed by atoms with Crippen molar-refractivity contribution in [2.75, 3.05) is 0 Å². The molecule has 0 spiro atoms. The zero-order valence-electron chi connectivity index (χ0n) is 27.5. The fraction of sp³-hybridized carbons (Fsp3) is 0. The monoisotopic (exact) mass is 667 g/mol. The minimum atomic E-state index is 0.644. The van der Waals surface area contributed by atoms with Gasteiger partial charge in [-0.2, -0.15) is 0 Å². The lowest BCUT2D eigenvalue weighted by Crippen LogP contribution is -2.00. The molecule has 0 radical (unpaired) electrons. The smallest absolute Gasteiger partial charge is 0.164 e. The average molecular weight is 668 g/mol. The van der Waals surface area contributed by atoms with E-state index in [1.807, 2.05) is 11.3 Å². The van der Waals surface area contributed by atoms with E-state index in [4.69, 9.17) is 15.0 Å². The number of rotatable bonds is 5. The van der Waals surface area contributed by atoms with Crippen LogP contribution in [0.25, 0.3) is 98.1 Å². The van der Waals surface area contributed by atoms with Crippen LogP contribution in [0.4, 0.5) is 0 Å². The van der Waals surface area contributed by atoms with Crippen molar-refractivity contribution in [3.8, 4) is 56.4 Å². The van der Waals surface area contributed by atoms with Crippen molar-refractivity contribution in [2.45, 2.75) is 0 Å². The number of thiophene rings is 1. The van der Waals surface area contributed by atoms with Gasteiger partial charge in [-0.3, -0.25) is 0 Å². The van der Waals surface area contributed by atoms with E-state index in [0.29, 0.717) is 17.5 Å². The van der Waals surface area contributed by atoms with E-state index < -0.39 is 0 Å². The molecule has 0 unspecified atom stereocenters. The molecule has 0 aliphatic heterocycles. The summed E-state index contributed by atoms with van der Waals surface area (Å²) >= 11 is 1.81. The summed E-state index contributed by atoms with van der Waals surface area (Å²) in [5.74, 6) is 1.95. The van der Waals surface area contributed by atoms with Crippen molar-refractivity contribution < 1.29 is 0 Å². The van der Waals surface area contributed by atoms with Gasteiger partial charge in [0.2, 0.25) is 0 Å². The van der Waals surface area contributed by atoms with Crippen LogP contribution in [0.15, 0.2) is 176 Å². The number of fused-ring (bicyclic) bond motifs is 5. The zero-order chi connectivity index (χ0) is 33.7. The number of hydrogen-bond acceptors (Lipinski definition) is 4. The molecule has 0 aliphatic rings. The summed E-state index contributed by atoms with van der Waals surface area (Å²) in [5.41, 5.74) is 7.53. The lowest BCUT2D eigenvalue weighted by Gasteiger charge is -2.12. The maximum atomic E-state index is 5.18. The van der Waals surface area contributed by atoms with Gasteiger partial charge in [0.05, 0.1) is 0 Å². The van der Waals surface area contributed by atoms with Crippen molar-refractivity contribution in [1.29, 1.82) is 0 Å². The van der Waals surface area contributed by atoms with Crippen molar-refractivity contribution in [2.24, 2.45) is 0 Å². The van der Waals surface area contributed by atoms with E-state index >= 15 is 0 Å². The first kappa shape index (κ1) is 29.4. The van der Waals surface area contributed by atoms with Crippen molar-refractivity contribution >= 4 is 53.1 Å². The first-order valence-electron chi connectivity index (χ1n) is 17.1. The Bertz CT molecular complexity index is 2910. The number of nitrogens with zero attached hydrogens (tertiary/aromatic N) is 3. The largest absolute Gasteiger partial charge is 0.208 e. The molecular weight excluding hydrogens is 639 g/mol. The van der Waals surface area contributed by atoms with Gasteiger partial charge in [0, 0.05) is 36.9 Å². The van der Waals surface area contributed by atoms with Gasteiger partial charge in [0.1, 0.15) is 0 Å². The van der Waals surface area contributed by atoms with Crippen LogP contribution < -0.4 is 0 Å². The number of benzene rings is 8. The third-order valence-electron chi connectivity index (χ3n) is 9.69. The standard InChI is InChI=1S/C47H29N3S/c1-2-12-33(13-3-1)41-28-39(29-43-44(41)40-16-8-9-17-42(40)51-43)47-49-45(48-46(50-47)38-25-21-31-11-5-7-15-36(31)27-38)34-22-18-32(19-23-34)37-24-20-30-10-4-6-14-35(30)26-37/h1-29H. The Kier molecular flexibility index (Phi) is 7.00. The lowest BCUT2D eigenvalue weighted by atomic mass is 9.97. The third-order valence-corrected chi connectivity index (χ3v) is 10.8. The van der Waals surface area contributed by atoms with Gasteiger partial charge < -0.3 is 0 Å². The maximum Gasteiger partial charge on any atom is 0.164 e. The number of aromatic nitrogens is 3. The van der Waals surface area contributed by atoms with Gasteiger partial charge >= 0.3 is 0 Å². The summed E-state index contributed by atoms with van der Waals surface area (Å²) < 4.78 is 2.48. The summed E-state index contributed by atoms with van der Waals surface area (Å²) in [4.78, 5) is 15.5. The normalized spacial score (nSPS) is 11.5. The van der Waals surface area contributed by atoms with Crippen molar-refractivity contribution in [3.05, 3.63) is 176 Å². The highest BCUT2D eigenvalue weighted by Crippen LogP contribution is 2.42. The molecule has 8 aromatic carbocycles. The Morgan fingerprint density at radius 3 is 1.57 bits per heavy atom. The Balaban J connectivity index is 1.15. The molecule has 3 nitrogen and oxygen atoms in total. The average Bonchev–Trinajstić information content (AvgIpc) is 3.59. The number of hydrogen-bond donors (Lipinski definition) is 0. The molecule has 0 N–H and O–H groups in total. The van der Waals surface area contributed by atoms with E-state index in [1.54, 1.807) is 0 Å². The van der Waals surface area contributed by atoms with Crippen LogP contribution >= 0.6 is 11.3 Å². The van der Waals surface area contributed by atoms with Crippen LogP contribution in [0.2, 0.25) is 0 Å². The maximum absolute atomic E-state index is 5.18. The topological polar surface area (TPSA) is 38.7 Å². The van der Waals surface area contributed by atoms with Gasteiger partial charge in [-0.1, -0.05) is 146 Å². The fourth-order valence-corrected chi connectivity index (χ4v) is 8.27. The highest BCUT2D eigenvalue weighted by atomic mass is 32.1. The van der Waals surface area contributed by atoms with Crippen LogP contribution in [0.3, 0.4) is 0 Å². The molecule has 51 heavy (non-hydrogen) atoms. The molecular formula is C47H29N3S. The van der Waals surface area contributed by atoms with Crippen molar-refractivity contribution in [1.82, 2.24) is 15.0 Å². The SMILES string of the molecule is c1ccc(-c2cc(-c3nc(-c4ccc(-c5ccc6ccccc6c5)cc4)nc(-c4ccc5ccccc5c4)n3)cc3sc4ccccc4c23)cc1. The Hall–Kier alpha value is -6.49. The van der Waals surface area contributed by atoms with Gasteiger partial charge in [0.15, 0.2) is 17.5 Å². The third kappa shape index (κ3) is 5.34. The van der Waals surface area contributed by atoms with Crippen LogP contribution in [0.5, 0.6) is 0 Å². The molecule has 0 fully saturated rings. The quantitative estimate of drug-likeness (QED) is 0.183. The minimum absolute atomic E-state index is 0.644. The first-order valence-corrected chi connectivity index (χ1v) is 17.9. The van der Waals surface area contributed by atoms with Gasteiger partial charge in [-0.15, -0.1) is 11.3 Å². The first-order chi connectivity index (χ1) is 25.2. The molecule has 0 saturated carbocycles. The fourth-order valence-electron chi connectivity index (χ4n) is 7.10. The summed E-state index contributed by atoms with van der Waals surface area (Å²) in [6.45, 7) is 0. The second-order valence-corrected chi connectivity index (χ2v) is 14.0. The second kappa shape index (κ2) is 12.1. The highest BCUT2D eigenvalue weighted by Gasteiger charge is 2.18. The van der Waals surface area contributed by atoms with Crippen molar-refractivity contribution in [3.63, 3.8) is 0 Å². The van der Waals surface area contributed by atoms with Crippen LogP contribution in [0.1, 0.15) is 0 Å². The van der Waals surface area contributed by atoms with Crippen LogP contribution in [-0.4, -0.2) is 15.0 Å². The highest BCUT2D eigenvalue weighted by molar-refractivity contribution is 7.26. The summed E-state index contributed by atoms with van der Waals surface area (Å²) in [5, 5.41) is 7.33. The predicted molar refractivity (Wildman–Crippen MR) is 215 cm³/mol. The predicted octanol–water partition coefficient (Wildman–Crippen LogP) is 12.9. The molecule has 238 valence electrons. The molecule has 10 aromatic rings.